The summed E-state index contributed by atoms with van der Waals surface area (Å²) in [7, 11) is 1.61. The zero-order valence-electron chi connectivity index (χ0n) is 71.3. The number of aliphatic hydroxyl groups is 10. The largest absolute Gasteiger partial charge is 0.497 e. The highest BCUT2D eigenvalue weighted by Crippen LogP contribution is 2.23. The van der Waals surface area contributed by atoms with Crippen molar-refractivity contribution in [3.8, 4) is 124 Å². The SMILES string of the molecule is CC#CC[C@@H](O)/C=C/C=C/C#C[C@@H](O)CCCC(C)=O.CC(=O)CCC[C@H](O)C#C/C=C/C=C/[C@H](O)CC#CC(C)C.CC(=O)CCC[C@H](O)C#C/C=C/C=C/[C@H](O)CC#CC1CCCCC1.CC(=O)CCC[C@H](O)C#C/C=C/C=C/[C@H](O)CC#Cc1ccccc1.COc1ccc(C#CC[C@@H](O)/C=C/C=C/C#C[C@@H](O)CCCC(C)=O)cc1. The van der Waals surface area contributed by atoms with Gasteiger partial charge in [-0.1, -0.05) is 243 Å². The molecule has 0 bridgehead atoms. The van der Waals surface area contributed by atoms with E-state index < -0.39 is 61.0 Å². The summed E-state index contributed by atoms with van der Waals surface area (Å²) in [6, 6.07) is 17.0. The summed E-state index contributed by atoms with van der Waals surface area (Å²) in [4.78, 5) is 53.8. The smallest absolute Gasteiger partial charge is 0.129 e. The second-order valence-corrected chi connectivity index (χ2v) is 27.8. The molecular weight excluding hydrogens is 1490 g/mol. The van der Waals surface area contributed by atoms with Gasteiger partial charge in [0.2, 0.25) is 0 Å². The highest BCUT2D eigenvalue weighted by Gasteiger charge is 2.11. The summed E-state index contributed by atoms with van der Waals surface area (Å²) in [6.45, 7) is 13.4. The average molecular weight is 1620 g/mol. The van der Waals surface area contributed by atoms with Crippen LogP contribution >= 0.6 is 0 Å². The van der Waals surface area contributed by atoms with Gasteiger partial charge in [-0.2, -0.15) is 0 Å². The van der Waals surface area contributed by atoms with E-state index in [0.717, 1.165) is 16.9 Å². The Morgan fingerprint density at radius 1 is 0.370 bits per heavy atom. The maximum atomic E-state index is 10.8. The van der Waals surface area contributed by atoms with Crippen LogP contribution in [-0.2, 0) is 24.0 Å². The second-order valence-electron chi connectivity index (χ2n) is 27.8. The van der Waals surface area contributed by atoms with Gasteiger partial charge in [0.1, 0.15) is 65.2 Å². The van der Waals surface area contributed by atoms with Gasteiger partial charge in [-0.05, 0) is 185 Å². The van der Waals surface area contributed by atoms with Crippen molar-refractivity contribution >= 4 is 28.9 Å². The van der Waals surface area contributed by atoms with Crippen LogP contribution in [-0.4, -0.2) is 148 Å². The third-order valence-corrected chi connectivity index (χ3v) is 15.8. The number of hydrogen-bond acceptors (Lipinski definition) is 16. The minimum Gasteiger partial charge on any atom is -0.497 e. The first-order valence-electron chi connectivity index (χ1n) is 40.7. The van der Waals surface area contributed by atoms with Gasteiger partial charge in [0.25, 0.3) is 0 Å². The number of aliphatic hydroxyl groups excluding tert-OH is 10. The fourth-order valence-electron chi connectivity index (χ4n) is 9.46. The molecule has 16 nitrogen and oxygen atoms in total. The molecule has 0 aromatic heterocycles. The molecule has 0 spiro atoms. The van der Waals surface area contributed by atoms with Crippen LogP contribution in [0.3, 0.4) is 0 Å². The van der Waals surface area contributed by atoms with Crippen molar-refractivity contribution < 1.29 is 79.8 Å². The Morgan fingerprint density at radius 2 is 0.655 bits per heavy atom. The van der Waals surface area contributed by atoms with Crippen molar-refractivity contribution in [1.29, 1.82) is 0 Å². The van der Waals surface area contributed by atoms with Gasteiger partial charge in [0.05, 0.1) is 37.6 Å². The third kappa shape index (κ3) is 82.1. The molecule has 2 aromatic rings. The molecule has 0 aliphatic heterocycles. The van der Waals surface area contributed by atoms with Crippen LogP contribution in [0.15, 0.2) is 176 Å². The van der Waals surface area contributed by atoms with Crippen molar-refractivity contribution in [2.45, 2.75) is 277 Å². The highest BCUT2D eigenvalue weighted by atomic mass is 16.5. The molecule has 3 rings (SSSR count). The number of allylic oxidation sites excluding steroid dienone is 15. The molecule has 1 aliphatic rings. The topological polar surface area (TPSA) is 297 Å². The normalized spacial score (nSPS) is 14.1. The zero-order chi connectivity index (χ0) is 88.6. The number of ether oxygens (including phenoxy) is 1. The van der Waals surface area contributed by atoms with Gasteiger partial charge in [-0.3, -0.25) is 0 Å². The van der Waals surface area contributed by atoms with E-state index in [1.54, 1.807) is 142 Å². The van der Waals surface area contributed by atoms with Gasteiger partial charge in [-0.25, -0.2) is 0 Å². The summed E-state index contributed by atoms with van der Waals surface area (Å²) >= 11 is 0. The summed E-state index contributed by atoms with van der Waals surface area (Å²) in [5.41, 5.74) is 1.79. The van der Waals surface area contributed by atoms with Gasteiger partial charge in [0.15, 0.2) is 0 Å². The maximum Gasteiger partial charge on any atom is 0.129 e. The highest BCUT2D eigenvalue weighted by molar-refractivity contribution is 5.76. The second kappa shape index (κ2) is 78.4. The van der Waals surface area contributed by atoms with Crippen LogP contribution in [0.5, 0.6) is 5.75 Å². The summed E-state index contributed by atoms with van der Waals surface area (Å²) in [5, 5.41) is 96.5. The van der Waals surface area contributed by atoms with Crippen LogP contribution in [0, 0.1) is 130 Å². The average Bonchev–Trinajstić information content (AvgIpc) is 0.921. The molecule has 0 unspecified atom stereocenters. The van der Waals surface area contributed by atoms with E-state index >= 15 is 0 Å². The van der Waals surface area contributed by atoms with Crippen molar-refractivity contribution in [1.82, 2.24) is 0 Å². The number of rotatable bonds is 36. The van der Waals surface area contributed by atoms with E-state index in [2.05, 4.69) is 118 Å². The lowest BCUT2D eigenvalue weighted by atomic mass is 9.90. The molecule has 10 N–H and O–H groups in total. The minimum absolute atomic E-state index is 0.118. The van der Waals surface area contributed by atoms with E-state index in [4.69, 9.17) is 4.74 Å². The lowest BCUT2D eigenvalue weighted by Crippen LogP contribution is -2.04. The molecule has 119 heavy (non-hydrogen) atoms. The molecule has 0 heterocycles. The Hall–Kier alpha value is -10.8. The predicted octanol–water partition coefficient (Wildman–Crippen LogP) is 14.2. The molecule has 636 valence electrons. The van der Waals surface area contributed by atoms with E-state index in [0.29, 0.717) is 140 Å². The van der Waals surface area contributed by atoms with Crippen LogP contribution in [0.1, 0.15) is 227 Å². The van der Waals surface area contributed by atoms with Crippen molar-refractivity contribution in [3.63, 3.8) is 0 Å². The Morgan fingerprint density at radius 3 is 0.941 bits per heavy atom. The number of ketones is 5. The summed E-state index contributed by atoms with van der Waals surface area (Å²) < 4.78 is 5.08. The Bertz CT molecular complexity index is 4200. The Kier molecular flexibility index (Phi) is 72.6. The maximum absolute atomic E-state index is 10.8. The molecular formula is C103H128O16. The van der Waals surface area contributed by atoms with Gasteiger partial charge in [0, 0.05) is 87.2 Å². The number of Topliss-reactive ketones (excluding diaryl/α,β-unsaturated/α-hetero) is 5. The molecule has 1 saturated carbocycles. The quantitative estimate of drug-likeness (QED) is 0.0224. The molecule has 10 atom stereocenters. The first-order valence-corrected chi connectivity index (χ1v) is 40.7. The Labute approximate surface area is 712 Å². The molecule has 1 aliphatic carbocycles. The molecule has 0 radical (unpaired) electrons. The lowest BCUT2D eigenvalue weighted by molar-refractivity contribution is -0.118. The number of carbonyl (C=O) groups excluding carboxylic acids is 5. The third-order valence-electron chi connectivity index (χ3n) is 15.8. The van der Waals surface area contributed by atoms with Crippen molar-refractivity contribution in [2.75, 3.05) is 7.11 Å². The van der Waals surface area contributed by atoms with Crippen LogP contribution in [0.25, 0.3) is 0 Å². The number of benzene rings is 2. The monoisotopic (exact) mass is 1620 g/mol. The Balaban J connectivity index is 0. The summed E-state index contributed by atoms with van der Waals surface area (Å²) in [6.07, 6.45) is 43.2. The fraction of sp³-hybridized carbons (Fsp3) is 0.447. The molecule has 2 aromatic carbocycles. The minimum atomic E-state index is -0.725. The predicted molar refractivity (Wildman–Crippen MR) is 480 cm³/mol. The van der Waals surface area contributed by atoms with Crippen LogP contribution < -0.4 is 4.74 Å². The first kappa shape index (κ1) is 110. The standard InChI is InChI=1S/C23H26O4.C22H30O3.C22H24O3.C19H26O3.C17H22O3/c1-19(24)9-7-13-21(25)11-5-3-4-6-12-22(26)14-8-10-20-15-17-23(27-2)18-16-20;2*1-19(23)11-9-17-21(24)15-7-2-3-8-16-22(25)18-10-14-20-12-5-4-6-13-20;1-16(2)10-8-14-18(21)12-6-4-5-7-13-19(22)15-9-11-17(3)20;1-3-4-11-16(19)12-7-5-6-8-13-17(20)14-9-10-15(2)18/h3-4,6,12,15-18,21-22,25-26H,7,9,13-14H2,1-2H3;2-3,8,16,20-22,24-25H,4-6,9,11-13,17-18H2,1H3;2-6,8,12-13,16,21-22,24-25H,9,11,17-18H2,1H3;4-6,12,16,18-19,21-22H,9,11,14-15H2,1-3H3;5-7,12,16-17,19-20H,9-11,14H2,1-2H3/b4-3+,12-6+;2*3-2+,16-8+;5-4+,12-6+;6-5+,12-7+/t3*21-,22+;18-,19+;16-,17-/m11101/s1. The van der Waals surface area contributed by atoms with Gasteiger partial charge in [-0.15, -0.1) is 17.8 Å². The van der Waals surface area contributed by atoms with Gasteiger partial charge >= 0.3 is 0 Å². The molecule has 16 heteroatoms. The van der Waals surface area contributed by atoms with Crippen LogP contribution in [0.2, 0.25) is 0 Å². The van der Waals surface area contributed by atoms with E-state index in [1.807, 2.05) is 68.4 Å². The molecule has 0 amide bonds. The van der Waals surface area contributed by atoms with E-state index in [1.165, 1.54) is 59.8 Å². The number of hydrogen-bond donors (Lipinski definition) is 10. The molecule has 0 saturated heterocycles. The van der Waals surface area contributed by atoms with E-state index in [-0.39, 0.29) is 28.9 Å². The van der Waals surface area contributed by atoms with Crippen molar-refractivity contribution in [2.24, 2.45) is 11.8 Å². The first-order chi connectivity index (χ1) is 57.1. The fourth-order valence-corrected chi connectivity index (χ4v) is 9.46. The van der Waals surface area contributed by atoms with Gasteiger partial charge < -0.3 is 79.8 Å². The van der Waals surface area contributed by atoms with E-state index in [9.17, 15) is 75.0 Å². The zero-order valence-corrected chi connectivity index (χ0v) is 71.3. The molecule has 1 fully saturated rings. The summed E-state index contributed by atoms with van der Waals surface area (Å²) in [5.74, 6) is 58.9. The number of carbonyl (C=O) groups is 5. The number of methoxy groups -OCH3 is 1. The lowest BCUT2D eigenvalue weighted by Gasteiger charge is -2.15. The van der Waals surface area contributed by atoms with Crippen molar-refractivity contribution in [3.05, 3.63) is 187 Å². The van der Waals surface area contributed by atoms with Crippen LogP contribution in [0.4, 0.5) is 0 Å².